The highest BCUT2D eigenvalue weighted by Gasteiger charge is 2.30. The summed E-state index contributed by atoms with van der Waals surface area (Å²) in [5.41, 5.74) is 3.09. The Bertz CT molecular complexity index is 1610. The topological polar surface area (TPSA) is 157 Å². The molecule has 3 heterocycles. The number of para-hydroxylation sites is 1. The van der Waals surface area contributed by atoms with Crippen molar-refractivity contribution in [3.8, 4) is 28.3 Å². The number of carbonyl (C=O) groups excluding carboxylic acids is 2. The standard InChI is InChI=1S/C26H25N9O3/c1-14-18(12-28-13-31-14)16-10-29-24(30-11-16)17-5-4-6-19(23(17)38-3)32-20-9-21(33-25(36)15-7-8-15)34-35-22(20)26(37)27-2/h4-6,9-13,15H,7-8H2,1-3H3,(H,27,37)(H2,32,33,34,36)/i2D3. The maximum absolute atomic E-state index is 12.8. The monoisotopic (exact) mass is 514 g/mol. The van der Waals surface area contributed by atoms with Gasteiger partial charge >= 0.3 is 0 Å². The average Bonchev–Trinajstić information content (AvgIpc) is 3.79. The molecule has 12 heteroatoms. The van der Waals surface area contributed by atoms with Gasteiger partial charge in [0.25, 0.3) is 5.91 Å². The molecule has 1 fully saturated rings. The fraction of sp³-hybridized carbons (Fsp3) is 0.231. The Morgan fingerprint density at radius 1 is 1.05 bits per heavy atom. The van der Waals surface area contributed by atoms with Crippen molar-refractivity contribution in [3.05, 3.63) is 60.6 Å². The van der Waals surface area contributed by atoms with Gasteiger partial charge in [0.15, 0.2) is 23.1 Å². The van der Waals surface area contributed by atoms with Crippen LogP contribution in [0.5, 0.6) is 5.75 Å². The second kappa shape index (κ2) is 10.5. The third-order valence-electron chi connectivity index (χ3n) is 5.93. The van der Waals surface area contributed by atoms with Crippen LogP contribution in [-0.2, 0) is 4.79 Å². The molecule has 0 saturated heterocycles. The molecule has 5 rings (SSSR count). The van der Waals surface area contributed by atoms with Crippen molar-refractivity contribution < 1.29 is 18.4 Å². The van der Waals surface area contributed by atoms with Crippen LogP contribution in [0.3, 0.4) is 0 Å². The zero-order valence-electron chi connectivity index (χ0n) is 23.5. The molecule has 0 radical (unpaired) electrons. The van der Waals surface area contributed by atoms with Crippen LogP contribution in [0.1, 0.15) is 33.1 Å². The minimum atomic E-state index is -2.75. The summed E-state index contributed by atoms with van der Waals surface area (Å²) in [6.45, 7) is -0.882. The lowest BCUT2D eigenvalue weighted by Gasteiger charge is -2.16. The summed E-state index contributed by atoms with van der Waals surface area (Å²) in [6.07, 6.45) is 8.05. The van der Waals surface area contributed by atoms with E-state index in [1.54, 1.807) is 36.8 Å². The van der Waals surface area contributed by atoms with Crippen molar-refractivity contribution >= 4 is 29.0 Å². The SMILES string of the molecule is [2H]C([2H])([2H])NC(=O)c1nnc(NC(=O)C2CC2)cc1Nc1cccc(-c2ncc(-c3cncnc3C)cn2)c1OC. The molecule has 3 N–H and O–H groups in total. The lowest BCUT2D eigenvalue weighted by Crippen LogP contribution is -2.22. The van der Waals surface area contributed by atoms with Gasteiger partial charge in [-0.05, 0) is 31.9 Å². The summed E-state index contributed by atoms with van der Waals surface area (Å²) >= 11 is 0. The van der Waals surface area contributed by atoms with Crippen LogP contribution in [0, 0.1) is 12.8 Å². The first-order chi connectivity index (χ1) is 19.6. The summed E-state index contributed by atoms with van der Waals surface area (Å²) in [6, 6.07) is 6.60. The Morgan fingerprint density at radius 3 is 2.58 bits per heavy atom. The van der Waals surface area contributed by atoms with Gasteiger partial charge < -0.3 is 20.7 Å². The van der Waals surface area contributed by atoms with Crippen LogP contribution in [0.15, 0.2) is 49.2 Å². The third kappa shape index (κ3) is 5.09. The first kappa shape index (κ1) is 21.1. The maximum atomic E-state index is 12.8. The molecule has 192 valence electrons. The number of aromatic nitrogens is 6. The van der Waals surface area contributed by atoms with Gasteiger partial charge in [0.05, 0.1) is 24.0 Å². The van der Waals surface area contributed by atoms with Gasteiger partial charge in [-0.3, -0.25) is 9.59 Å². The molecule has 1 aliphatic rings. The van der Waals surface area contributed by atoms with E-state index in [0.29, 0.717) is 22.8 Å². The van der Waals surface area contributed by atoms with Gasteiger partial charge in [0, 0.05) is 58.5 Å². The largest absolute Gasteiger partial charge is 0.494 e. The number of hydrogen-bond acceptors (Lipinski definition) is 10. The fourth-order valence-electron chi connectivity index (χ4n) is 3.81. The highest BCUT2D eigenvalue weighted by atomic mass is 16.5. The Hall–Kier alpha value is -5.00. The molecule has 0 atom stereocenters. The molecule has 1 saturated carbocycles. The molecule has 0 bridgehead atoms. The summed E-state index contributed by atoms with van der Waals surface area (Å²) in [7, 11) is 1.47. The zero-order chi connectivity index (χ0) is 29.1. The van der Waals surface area contributed by atoms with E-state index < -0.39 is 12.9 Å². The molecule has 2 amide bonds. The van der Waals surface area contributed by atoms with E-state index in [9.17, 15) is 9.59 Å². The average molecular weight is 515 g/mol. The van der Waals surface area contributed by atoms with E-state index >= 15 is 0 Å². The highest BCUT2D eigenvalue weighted by molar-refractivity contribution is 6.00. The summed E-state index contributed by atoms with van der Waals surface area (Å²) < 4.78 is 27.9. The van der Waals surface area contributed by atoms with Crippen molar-refractivity contribution in [1.82, 2.24) is 35.5 Å². The third-order valence-corrected chi connectivity index (χ3v) is 5.93. The van der Waals surface area contributed by atoms with Gasteiger partial charge in [-0.25, -0.2) is 19.9 Å². The predicted molar refractivity (Wildman–Crippen MR) is 140 cm³/mol. The van der Waals surface area contributed by atoms with Crippen LogP contribution >= 0.6 is 0 Å². The number of hydrogen-bond donors (Lipinski definition) is 3. The lowest BCUT2D eigenvalue weighted by atomic mass is 10.1. The Labute approximate surface area is 222 Å². The van der Waals surface area contributed by atoms with E-state index in [1.807, 2.05) is 12.2 Å². The normalized spacial score (nSPS) is 14.0. The molecular weight excluding hydrogens is 486 g/mol. The van der Waals surface area contributed by atoms with Crippen molar-refractivity contribution in [2.75, 3.05) is 24.7 Å². The van der Waals surface area contributed by atoms with Crippen LogP contribution in [0.2, 0.25) is 0 Å². The van der Waals surface area contributed by atoms with Crippen molar-refractivity contribution in [2.45, 2.75) is 19.8 Å². The molecule has 38 heavy (non-hydrogen) atoms. The van der Waals surface area contributed by atoms with E-state index in [0.717, 1.165) is 29.7 Å². The van der Waals surface area contributed by atoms with E-state index in [4.69, 9.17) is 8.85 Å². The number of methoxy groups -OCH3 is 1. The van der Waals surface area contributed by atoms with Crippen LogP contribution in [0.4, 0.5) is 17.2 Å². The van der Waals surface area contributed by atoms with Gasteiger partial charge in [0.1, 0.15) is 6.33 Å². The van der Waals surface area contributed by atoms with Crippen LogP contribution < -0.4 is 20.7 Å². The summed E-state index contributed by atoms with van der Waals surface area (Å²) in [4.78, 5) is 42.4. The zero-order valence-corrected chi connectivity index (χ0v) is 20.5. The smallest absolute Gasteiger partial charge is 0.273 e. The molecule has 1 aliphatic carbocycles. The molecule has 12 nitrogen and oxygen atoms in total. The number of aryl methyl sites for hydroxylation is 1. The van der Waals surface area contributed by atoms with Crippen molar-refractivity contribution in [3.63, 3.8) is 0 Å². The number of anilines is 3. The first-order valence-corrected chi connectivity index (χ1v) is 11.7. The second-order valence-electron chi connectivity index (χ2n) is 8.54. The molecule has 1 aromatic carbocycles. The minimum absolute atomic E-state index is 0.0896. The van der Waals surface area contributed by atoms with Crippen molar-refractivity contribution in [2.24, 2.45) is 5.92 Å². The van der Waals surface area contributed by atoms with E-state index in [1.165, 1.54) is 19.5 Å². The predicted octanol–water partition coefficient (Wildman–Crippen LogP) is 3.16. The van der Waals surface area contributed by atoms with Crippen LogP contribution in [0.25, 0.3) is 22.5 Å². The highest BCUT2D eigenvalue weighted by Crippen LogP contribution is 2.37. The summed E-state index contributed by atoms with van der Waals surface area (Å²) in [5, 5.41) is 15.5. The Morgan fingerprint density at radius 2 is 1.87 bits per heavy atom. The quantitative estimate of drug-likeness (QED) is 0.319. The fourth-order valence-corrected chi connectivity index (χ4v) is 3.81. The second-order valence-corrected chi connectivity index (χ2v) is 8.54. The number of carbonyl (C=O) groups is 2. The summed E-state index contributed by atoms with van der Waals surface area (Å²) in [5.74, 6) is -0.453. The number of nitrogens with one attached hydrogen (secondary N) is 3. The van der Waals surface area contributed by atoms with Crippen molar-refractivity contribution in [1.29, 1.82) is 0 Å². The van der Waals surface area contributed by atoms with Gasteiger partial charge in [-0.1, -0.05) is 6.07 Å². The number of benzene rings is 1. The number of rotatable bonds is 8. The molecule has 0 aliphatic heterocycles. The lowest BCUT2D eigenvalue weighted by molar-refractivity contribution is -0.117. The molecule has 0 unspecified atom stereocenters. The molecular formula is C26H25N9O3. The molecule has 4 aromatic rings. The number of amides is 2. The molecule has 3 aromatic heterocycles. The van der Waals surface area contributed by atoms with Crippen LogP contribution in [-0.4, -0.2) is 56.0 Å². The van der Waals surface area contributed by atoms with E-state index in [2.05, 4.69) is 40.8 Å². The number of ether oxygens (including phenoxy) is 1. The maximum Gasteiger partial charge on any atom is 0.273 e. The minimum Gasteiger partial charge on any atom is -0.494 e. The Kier molecular flexibility index (Phi) is 5.86. The first-order valence-electron chi connectivity index (χ1n) is 13.2. The van der Waals surface area contributed by atoms with E-state index in [-0.39, 0.29) is 29.0 Å². The van der Waals surface area contributed by atoms with Gasteiger partial charge in [0.2, 0.25) is 5.91 Å². The molecule has 0 spiro atoms. The Balaban J connectivity index is 1.49. The van der Waals surface area contributed by atoms with Gasteiger partial charge in [-0.2, -0.15) is 0 Å². The van der Waals surface area contributed by atoms with Gasteiger partial charge in [-0.15, -0.1) is 10.2 Å². The number of nitrogens with zero attached hydrogens (tertiary/aromatic N) is 6.